The molecule has 0 bridgehead atoms. The molecule has 0 aliphatic heterocycles. The molecule has 0 radical (unpaired) electrons. The van der Waals surface area contributed by atoms with Crippen molar-refractivity contribution in [2.75, 3.05) is 0 Å². The van der Waals surface area contributed by atoms with Crippen LogP contribution in [0.5, 0.6) is 0 Å². The Bertz CT molecular complexity index is 537. The van der Waals surface area contributed by atoms with Crippen molar-refractivity contribution in [2.45, 2.75) is 19.8 Å². The van der Waals surface area contributed by atoms with E-state index < -0.39 is 0 Å². The quantitative estimate of drug-likeness (QED) is 0.757. The number of carbonyl (C=O) groups is 1. The smallest absolute Gasteiger partial charge is 0.170 e. The van der Waals surface area contributed by atoms with Gasteiger partial charge in [-0.25, -0.2) is 0 Å². The minimum Gasteiger partial charge on any atom is -0.360 e. The molecule has 0 amide bonds. The van der Waals surface area contributed by atoms with Crippen molar-refractivity contribution in [3.05, 3.63) is 30.2 Å². The van der Waals surface area contributed by atoms with Gasteiger partial charge in [0.05, 0.1) is 0 Å². The van der Waals surface area contributed by atoms with Crippen LogP contribution >= 0.6 is 0 Å². The second-order valence-electron chi connectivity index (χ2n) is 4.51. The van der Waals surface area contributed by atoms with E-state index in [1.807, 2.05) is 13.0 Å². The van der Waals surface area contributed by atoms with Gasteiger partial charge < -0.3 is 4.98 Å². The number of carbonyl (C=O) groups excluding carboxylic acids is 1. The molecule has 0 saturated heterocycles. The van der Waals surface area contributed by atoms with Gasteiger partial charge in [-0.1, -0.05) is 6.92 Å². The van der Waals surface area contributed by atoms with E-state index in [1.165, 1.54) is 0 Å². The molecule has 1 fully saturated rings. The fraction of sp³-hybridized carbons (Fsp3) is 0.333. The van der Waals surface area contributed by atoms with Gasteiger partial charge >= 0.3 is 0 Å². The van der Waals surface area contributed by atoms with Crippen molar-refractivity contribution in [1.29, 1.82) is 0 Å². The SMILES string of the molecule is CC1(C(=O)c2c[nH]c3ccncc23)CC1. The Morgan fingerprint density at radius 1 is 1.53 bits per heavy atom. The number of aromatic nitrogens is 2. The molecule has 15 heavy (non-hydrogen) atoms. The molecular weight excluding hydrogens is 188 g/mol. The maximum atomic E-state index is 12.2. The van der Waals surface area contributed by atoms with Crippen molar-refractivity contribution in [1.82, 2.24) is 9.97 Å². The highest BCUT2D eigenvalue weighted by Gasteiger charge is 2.45. The Balaban J connectivity index is 2.15. The summed E-state index contributed by atoms with van der Waals surface area (Å²) < 4.78 is 0. The zero-order chi connectivity index (χ0) is 10.5. The minimum atomic E-state index is -0.106. The fourth-order valence-corrected chi connectivity index (χ4v) is 1.89. The summed E-state index contributed by atoms with van der Waals surface area (Å²) >= 11 is 0. The number of H-pyrrole nitrogens is 1. The molecule has 3 nitrogen and oxygen atoms in total. The van der Waals surface area contributed by atoms with Crippen LogP contribution in [-0.4, -0.2) is 15.8 Å². The van der Waals surface area contributed by atoms with E-state index in [1.54, 1.807) is 18.6 Å². The van der Waals surface area contributed by atoms with Crippen LogP contribution in [0.1, 0.15) is 30.1 Å². The standard InChI is InChI=1S/C12H12N2O/c1-12(3-4-12)11(15)9-7-14-10-2-5-13-6-8(9)10/h2,5-7,14H,3-4H2,1H3. The Hall–Kier alpha value is -1.64. The molecule has 0 aromatic carbocycles. The number of ketones is 1. The van der Waals surface area contributed by atoms with Crippen LogP contribution in [-0.2, 0) is 0 Å². The fourth-order valence-electron chi connectivity index (χ4n) is 1.89. The predicted octanol–water partition coefficient (Wildman–Crippen LogP) is 2.55. The van der Waals surface area contributed by atoms with Gasteiger partial charge in [0.2, 0.25) is 0 Å². The largest absolute Gasteiger partial charge is 0.360 e. The summed E-state index contributed by atoms with van der Waals surface area (Å²) in [5.74, 6) is 0.252. The van der Waals surface area contributed by atoms with Crippen molar-refractivity contribution in [2.24, 2.45) is 5.41 Å². The summed E-state index contributed by atoms with van der Waals surface area (Å²) in [5, 5.41) is 0.940. The Kier molecular flexibility index (Phi) is 1.55. The number of nitrogens with zero attached hydrogens (tertiary/aromatic N) is 1. The Morgan fingerprint density at radius 3 is 3.07 bits per heavy atom. The highest BCUT2D eigenvalue weighted by atomic mass is 16.1. The lowest BCUT2D eigenvalue weighted by Gasteiger charge is -2.04. The lowest BCUT2D eigenvalue weighted by atomic mass is 9.97. The summed E-state index contributed by atoms with van der Waals surface area (Å²) in [6.07, 6.45) is 7.31. The van der Waals surface area contributed by atoms with E-state index in [0.29, 0.717) is 0 Å². The Morgan fingerprint density at radius 2 is 2.33 bits per heavy atom. The predicted molar refractivity (Wildman–Crippen MR) is 57.8 cm³/mol. The van der Waals surface area contributed by atoms with Crippen LogP contribution in [0.4, 0.5) is 0 Å². The monoisotopic (exact) mass is 200 g/mol. The van der Waals surface area contributed by atoms with E-state index in [4.69, 9.17) is 0 Å². The minimum absolute atomic E-state index is 0.106. The molecule has 1 saturated carbocycles. The third kappa shape index (κ3) is 1.19. The maximum Gasteiger partial charge on any atom is 0.170 e. The third-order valence-corrected chi connectivity index (χ3v) is 3.28. The number of fused-ring (bicyclic) bond motifs is 1. The molecule has 3 heteroatoms. The van der Waals surface area contributed by atoms with Crippen LogP contribution < -0.4 is 0 Å². The summed E-state index contributed by atoms with van der Waals surface area (Å²) in [4.78, 5) is 19.3. The molecule has 1 N–H and O–H groups in total. The van der Waals surface area contributed by atoms with Gasteiger partial charge in [-0.05, 0) is 18.9 Å². The number of aromatic amines is 1. The van der Waals surface area contributed by atoms with Crippen molar-refractivity contribution in [3.8, 4) is 0 Å². The summed E-state index contributed by atoms with van der Waals surface area (Å²) in [6.45, 7) is 2.03. The average Bonchev–Trinajstić information content (AvgIpc) is 2.87. The van der Waals surface area contributed by atoms with Crippen molar-refractivity contribution >= 4 is 16.7 Å². The van der Waals surface area contributed by atoms with Gasteiger partial charge in [0.25, 0.3) is 0 Å². The first-order valence-electron chi connectivity index (χ1n) is 5.17. The molecule has 2 aromatic heterocycles. The first kappa shape index (κ1) is 8.65. The van der Waals surface area contributed by atoms with Gasteiger partial charge in [0.15, 0.2) is 5.78 Å². The van der Waals surface area contributed by atoms with Crippen LogP contribution in [0.15, 0.2) is 24.7 Å². The van der Waals surface area contributed by atoms with E-state index >= 15 is 0 Å². The zero-order valence-corrected chi connectivity index (χ0v) is 8.58. The summed E-state index contributed by atoms with van der Waals surface area (Å²) in [5.41, 5.74) is 1.67. The zero-order valence-electron chi connectivity index (χ0n) is 8.58. The number of hydrogen-bond acceptors (Lipinski definition) is 2. The lowest BCUT2D eigenvalue weighted by Crippen LogP contribution is -2.11. The van der Waals surface area contributed by atoms with E-state index in [-0.39, 0.29) is 11.2 Å². The van der Waals surface area contributed by atoms with Crippen molar-refractivity contribution in [3.63, 3.8) is 0 Å². The number of nitrogens with one attached hydrogen (secondary N) is 1. The molecule has 0 unspecified atom stereocenters. The first-order chi connectivity index (χ1) is 7.21. The normalized spacial score (nSPS) is 17.9. The van der Waals surface area contributed by atoms with E-state index in [0.717, 1.165) is 29.3 Å². The third-order valence-electron chi connectivity index (χ3n) is 3.28. The highest BCUT2D eigenvalue weighted by Crippen LogP contribution is 2.48. The molecule has 0 spiro atoms. The molecule has 2 aromatic rings. The van der Waals surface area contributed by atoms with Crippen LogP contribution in [0.2, 0.25) is 0 Å². The van der Waals surface area contributed by atoms with Gasteiger partial charge in [-0.15, -0.1) is 0 Å². The number of rotatable bonds is 2. The molecule has 1 aliphatic carbocycles. The lowest BCUT2D eigenvalue weighted by molar-refractivity contribution is 0.0914. The second kappa shape index (κ2) is 2.69. The number of hydrogen-bond donors (Lipinski definition) is 1. The number of Topliss-reactive ketones (excluding diaryl/α,β-unsaturated/α-hetero) is 1. The van der Waals surface area contributed by atoms with Crippen LogP contribution in [0.3, 0.4) is 0 Å². The molecule has 2 heterocycles. The highest BCUT2D eigenvalue weighted by molar-refractivity contribution is 6.11. The van der Waals surface area contributed by atoms with Gasteiger partial charge in [0.1, 0.15) is 0 Å². The van der Waals surface area contributed by atoms with E-state index in [9.17, 15) is 4.79 Å². The van der Waals surface area contributed by atoms with Gasteiger partial charge in [-0.2, -0.15) is 0 Å². The van der Waals surface area contributed by atoms with Crippen molar-refractivity contribution < 1.29 is 4.79 Å². The van der Waals surface area contributed by atoms with Gasteiger partial charge in [0, 0.05) is 40.5 Å². The number of pyridine rings is 1. The Labute approximate surface area is 87.5 Å². The van der Waals surface area contributed by atoms with Crippen LogP contribution in [0.25, 0.3) is 10.9 Å². The molecule has 3 rings (SSSR count). The summed E-state index contributed by atoms with van der Waals surface area (Å²) in [7, 11) is 0. The average molecular weight is 200 g/mol. The summed E-state index contributed by atoms with van der Waals surface area (Å²) in [6, 6.07) is 1.89. The molecule has 76 valence electrons. The maximum absolute atomic E-state index is 12.2. The molecule has 1 aliphatic rings. The molecular formula is C12H12N2O. The molecule has 0 atom stereocenters. The second-order valence-corrected chi connectivity index (χ2v) is 4.51. The topological polar surface area (TPSA) is 45.8 Å². The van der Waals surface area contributed by atoms with E-state index in [2.05, 4.69) is 9.97 Å². The first-order valence-corrected chi connectivity index (χ1v) is 5.17. The van der Waals surface area contributed by atoms with Gasteiger partial charge in [-0.3, -0.25) is 9.78 Å². The van der Waals surface area contributed by atoms with Crippen LogP contribution in [0, 0.1) is 5.41 Å².